The summed E-state index contributed by atoms with van der Waals surface area (Å²) in [6.45, 7) is 2.59. The van der Waals surface area contributed by atoms with Crippen molar-refractivity contribution < 1.29 is 14.0 Å². The van der Waals surface area contributed by atoms with Crippen LogP contribution in [0.5, 0.6) is 0 Å². The molecule has 0 radical (unpaired) electrons. The summed E-state index contributed by atoms with van der Waals surface area (Å²) < 4.78 is 13.0. The Morgan fingerprint density at radius 3 is 2.52 bits per heavy atom. The number of carbonyl (C=O) groups excluding carboxylic acids is 2. The molecule has 1 N–H and O–H groups in total. The predicted molar refractivity (Wildman–Crippen MR) is 111 cm³/mol. The minimum absolute atomic E-state index is 0.00274. The lowest BCUT2D eigenvalue weighted by Crippen LogP contribution is -2.66. The Balaban J connectivity index is 1.30. The molecule has 152 valence electrons. The van der Waals surface area contributed by atoms with E-state index in [2.05, 4.69) is 22.2 Å². The largest absolute Gasteiger partial charge is 0.351 e. The van der Waals surface area contributed by atoms with Crippen molar-refractivity contribution in [3.05, 3.63) is 65.5 Å². The number of hydrogen-bond acceptors (Lipinski definition) is 4. The lowest BCUT2D eigenvalue weighted by atomic mass is 9.90. The first-order chi connectivity index (χ1) is 14.0. The van der Waals surface area contributed by atoms with E-state index in [1.807, 2.05) is 24.3 Å². The van der Waals surface area contributed by atoms with Gasteiger partial charge in [-0.1, -0.05) is 12.1 Å². The Bertz CT molecular complexity index is 905. The molecule has 0 aromatic heterocycles. The van der Waals surface area contributed by atoms with Crippen LogP contribution in [0.4, 0.5) is 10.1 Å². The van der Waals surface area contributed by atoms with Gasteiger partial charge in [-0.25, -0.2) is 4.39 Å². The van der Waals surface area contributed by atoms with Crippen LogP contribution in [0.15, 0.2) is 48.5 Å². The van der Waals surface area contributed by atoms with E-state index >= 15 is 0 Å². The van der Waals surface area contributed by atoms with Crippen LogP contribution in [0, 0.1) is 5.82 Å². The van der Waals surface area contributed by atoms with Crippen molar-refractivity contribution in [3.8, 4) is 0 Å². The fourth-order valence-electron chi connectivity index (χ4n) is 4.40. The number of piperidine rings is 1. The summed E-state index contributed by atoms with van der Waals surface area (Å²) >= 11 is 0. The molecule has 1 spiro atoms. The molecule has 2 aliphatic rings. The predicted octanol–water partition coefficient (Wildman–Crippen LogP) is 3.46. The molecule has 0 aliphatic carbocycles. The maximum atomic E-state index is 13.0. The van der Waals surface area contributed by atoms with E-state index in [9.17, 15) is 14.0 Å². The van der Waals surface area contributed by atoms with Gasteiger partial charge >= 0.3 is 0 Å². The Labute approximate surface area is 170 Å². The molecule has 1 saturated heterocycles. The number of amides is 1. The van der Waals surface area contributed by atoms with Crippen LogP contribution >= 0.6 is 0 Å². The lowest BCUT2D eigenvalue weighted by molar-refractivity contribution is 0.0775. The van der Waals surface area contributed by atoms with E-state index < -0.39 is 0 Å². The van der Waals surface area contributed by atoms with Gasteiger partial charge in [-0.05, 0) is 49.4 Å². The fourth-order valence-corrected chi connectivity index (χ4v) is 4.40. The quantitative estimate of drug-likeness (QED) is 0.788. The zero-order valence-corrected chi connectivity index (χ0v) is 16.7. The summed E-state index contributed by atoms with van der Waals surface area (Å²) in [6.07, 6.45) is 2.91. The number of para-hydroxylation sites is 1. The number of anilines is 1. The van der Waals surface area contributed by atoms with Crippen LogP contribution in [0.2, 0.25) is 0 Å². The first kappa shape index (κ1) is 19.6. The van der Waals surface area contributed by atoms with E-state index in [4.69, 9.17) is 0 Å². The van der Waals surface area contributed by atoms with Crippen molar-refractivity contribution in [2.45, 2.75) is 31.3 Å². The molecule has 0 saturated carbocycles. The van der Waals surface area contributed by atoms with E-state index in [0.717, 1.165) is 50.1 Å². The number of nitrogens with zero attached hydrogens (tertiary/aromatic N) is 2. The number of rotatable bonds is 5. The van der Waals surface area contributed by atoms with Crippen LogP contribution in [0.3, 0.4) is 0 Å². The molecule has 1 amide bonds. The molecule has 2 aromatic rings. The smallest absolute Gasteiger partial charge is 0.255 e. The Hall–Kier alpha value is -2.73. The summed E-state index contributed by atoms with van der Waals surface area (Å²) in [7, 11) is 2.05. The maximum Gasteiger partial charge on any atom is 0.255 e. The zero-order valence-electron chi connectivity index (χ0n) is 16.7. The maximum absolute atomic E-state index is 13.0. The lowest BCUT2D eigenvalue weighted by Gasteiger charge is -2.51. The summed E-state index contributed by atoms with van der Waals surface area (Å²) in [6, 6.07) is 13.5. The number of fused-ring (bicyclic) bond motifs is 1. The van der Waals surface area contributed by atoms with Crippen molar-refractivity contribution in [3.63, 3.8) is 0 Å². The standard InChI is InChI=1S/C23H26FN3O2/c1-26-20-6-3-2-5-19(20)22(29)25-23(26)12-15-27(16-13-23)14-4-7-21(28)17-8-10-18(24)11-9-17/h2-3,5-6,8-11H,4,7,12-16H2,1H3,(H,25,29). The number of likely N-dealkylation sites (tertiary alicyclic amines) is 1. The highest BCUT2D eigenvalue weighted by atomic mass is 19.1. The normalized spacial score (nSPS) is 18.4. The van der Waals surface area contributed by atoms with E-state index in [1.54, 1.807) is 12.1 Å². The Morgan fingerprint density at radius 1 is 1.10 bits per heavy atom. The van der Waals surface area contributed by atoms with Gasteiger partial charge in [-0.3, -0.25) is 9.59 Å². The van der Waals surface area contributed by atoms with Crippen LogP contribution < -0.4 is 10.2 Å². The Kier molecular flexibility index (Phi) is 5.37. The van der Waals surface area contributed by atoms with E-state index in [0.29, 0.717) is 12.0 Å². The SMILES string of the molecule is CN1c2ccccc2C(=O)NC12CCN(CCCC(=O)c1ccc(F)cc1)CC2. The van der Waals surface area contributed by atoms with Crippen LogP contribution in [0.25, 0.3) is 0 Å². The van der Waals surface area contributed by atoms with Crippen LogP contribution in [-0.4, -0.2) is 48.9 Å². The molecule has 0 unspecified atom stereocenters. The second-order valence-corrected chi connectivity index (χ2v) is 7.94. The number of Topliss-reactive ketones (excluding diaryl/α,β-unsaturated/α-hetero) is 1. The fraction of sp³-hybridized carbons (Fsp3) is 0.391. The first-order valence-corrected chi connectivity index (χ1v) is 10.1. The van der Waals surface area contributed by atoms with Crippen LogP contribution in [-0.2, 0) is 0 Å². The molecular weight excluding hydrogens is 369 g/mol. The number of halogens is 1. The average molecular weight is 395 g/mol. The number of ketones is 1. The van der Waals surface area contributed by atoms with Crippen molar-refractivity contribution in [2.75, 3.05) is 31.6 Å². The highest BCUT2D eigenvalue weighted by Crippen LogP contribution is 2.36. The van der Waals surface area contributed by atoms with Crippen molar-refractivity contribution >= 4 is 17.4 Å². The first-order valence-electron chi connectivity index (χ1n) is 10.1. The molecule has 0 bridgehead atoms. The Morgan fingerprint density at radius 2 is 1.79 bits per heavy atom. The molecule has 2 heterocycles. The number of carbonyl (C=O) groups is 2. The molecule has 5 nitrogen and oxygen atoms in total. The average Bonchev–Trinajstić information content (AvgIpc) is 2.74. The topological polar surface area (TPSA) is 52.7 Å². The molecule has 1 fully saturated rings. The third kappa shape index (κ3) is 3.90. The summed E-state index contributed by atoms with van der Waals surface area (Å²) in [4.78, 5) is 29.4. The van der Waals surface area contributed by atoms with E-state index in [-0.39, 0.29) is 23.2 Å². The molecule has 0 atom stereocenters. The van der Waals surface area contributed by atoms with Gasteiger partial charge in [0, 0.05) is 45.0 Å². The van der Waals surface area contributed by atoms with Gasteiger partial charge in [-0.15, -0.1) is 0 Å². The second-order valence-electron chi connectivity index (χ2n) is 7.94. The van der Waals surface area contributed by atoms with Crippen molar-refractivity contribution in [2.24, 2.45) is 0 Å². The third-order valence-corrected chi connectivity index (χ3v) is 6.23. The highest BCUT2D eigenvalue weighted by molar-refractivity contribution is 6.02. The van der Waals surface area contributed by atoms with Gasteiger partial charge in [0.1, 0.15) is 11.5 Å². The van der Waals surface area contributed by atoms with Gasteiger partial charge in [0.25, 0.3) is 5.91 Å². The second kappa shape index (κ2) is 7.95. The molecule has 2 aliphatic heterocycles. The third-order valence-electron chi connectivity index (χ3n) is 6.23. The van der Waals surface area contributed by atoms with E-state index in [1.165, 1.54) is 12.1 Å². The highest BCUT2D eigenvalue weighted by Gasteiger charge is 2.43. The van der Waals surface area contributed by atoms with Crippen LogP contribution in [0.1, 0.15) is 46.4 Å². The van der Waals surface area contributed by atoms with Gasteiger partial charge in [0.05, 0.1) is 11.3 Å². The number of nitrogens with one attached hydrogen (secondary N) is 1. The number of hydrogen-bond donors (Lipinski definition) is 1. The minimum Gasteiger partial charge on any atom is -0.351 e. The molecule has 29 heavy (non-hydrogen) atoms. The van der Waals surface area contributed by atoms with Gasteiger partial charge in [0.2, 0.25) is 0 Å². The molecule has 4 rings (SSSR count). The minimum atomic E-state index is -0.341. The molecule has 2 aromatic carbocycles. The van der Waals surface area contributed by atoms with Crippen molar-refractivity contribution in [1.82, 2.24) is 10.2 Å². The van der Waals surface area contributed by atoms with Gasteiger partial charge < -0.3 is 15.1 Å². The number of benzene rings is 2. The van der Waals surface area contributed by atoms with Gasteiger partial charge in [-0.2, -0.15) is 0 Å². The summed E-state index contributed by atoms with van der Waals surface area (Å²) in [5.41, 5.74) is 1.93. The molecular formula is C23H26FN3O2. The van der Waals surface area contributed by atoms with Crippen molar-refractivity contribution in [1.29, 1.82) is 0 Å². The summed E-state index contributed by atoms with van der Waals surface area (Å²) in [5, 5.41) is 3.23. The molecule has 6 heteroatoms. The van der Waals surface area contributed by atoms with Gasteiger partial charge in [0.15, 0.2) is 5.78 Å². The summed E-state index contributed by atoms with van der Waals surface area (Å²) in [5.74, 6) is -0.280. The zero-order chi connectivity index (χ0) is 20.4. The monoisotopic (exact) mass is 395 g/mol.